The van der Waals surface area contributed by atoms with Gasteiger partial charge in [-0.05, 0) is 35.2 Å². The highest BCUT2D eigenvalue weighted by Gasteiger charge is 2.11. The maximum Gasteiger partial charge on any atom is 0.256 e. The molecule has 0 amide bonds. The predicted octanol–water partition coefficient (Wildman–Crippen LogP) is 2.63. The molecule has 2 N–H and O–H groups in total. The van der Waals surface area contributed by atoms with Gasteiger partial charge in [0.25, 0.3) is 5.24 Å². The van der Waals surface area contributed by atoms with Crippen molar-refractivity contribution < 1.29 is 15.0 Å². The average Bonchev–Trinajstić information content (AvgIpc) is 2.18. The van der Waals surface area contributed by atoms with Crippen molar-refractivity contribution in [1.82, 2.24) is 0 Å². The van der Waals surface area contributed by atoms with Crippen molar-refractivity contribution in [3.63, 3.8) is 0 Å². The smallest absolute Gasteiger partial charge is 0.256 e. The number of benzene rings is 2. The monoisotopic (exact) mass is 222 g/mol. The third-order valence-corrected chi connectivity index (χ3v) is 2.39. The van der Waals surface area contributed by atoms with Gasteiger partial charge in [-0.3, -0.25) is 4.79 Å². The topological polar surface area (TPSA) is 57.5 Å². The van der Waals surface area contributed by atoms with Crippen LogP contribution in [0.1, 0.15) is 10.4 Å². The molecule has 4 heteroatoms. The summed E-state index contributed by atoms with van der Waals surface area (Å²) >= 11 is 5.29. The lowest BCUT2D eigenvalue weighted by molar-refractivity contribution is 0.107. The summed E-state index contributed by atoms with van der Waals surface area (Å²) in [6.07, 6.45) is 0. The minimum absolute atomic E-state index is 0.0368. The Bertz CT molecular complexity index is 549. The number of phenols is 2. The Morgan fingerprint density at radius 3 is 2.53 bits per heavy atom. The van der Waals surface area contributed by atoms with Gasteiger partial charge in [-0.15, -0.1) is 0 Å². The molecule has 0 aliphatic carbocycles. The van der Waals surface area contributed by atoms with E-state index in [9.17, 15) is 15.0 Å². The first kappa shape index (κ1) is 9.80. The van der Waals surface area contributed by atoms with Gasteiger partial charge in [0.1, 0.15) is 11.5 Å². The van der Waals surface area contributed by atoms with Crippen molar-refractivity contribution in [2.45, 2.75) is 0 Å². The summed E-state index contributed by atoms with van der Waals surface area (Å²) in [4.78, 5) is 10.9. The van der Waals surface area contributed by atoms with Crippen molar-refractivity contribution in [1.29, 1.82) is 0 Å². The molecule has 0 heterocycles. The Balaban J connectivity index is 2.82. The summed E-state index contributed by atoms with van der Waals surface area (Å²) in [5, 5.41) is 19.4. The third-order valence-electron chi connectivity index (χ3n) is 2.19. The van der Waals surface area contributed by atoms with Crippen LogP contribution in [-0.4, -0.2) is 15.5 Å². The van der Waals surface area contributed by atoms with E-state index in [1.165, 1.54) is 18.2 Å². The van der Waals surface area contributed by atoms with Crippen LogP contribution in [0.4, 0.5) is 0 Å². The SMILES string of the molecule is O=C(Cl)c1cc2cccc(O)c2cc1O. The number of hydrogen-bond donors (Lipinski definition) is 2. The van der Waals surface area contributed by atoms with Gasteiger partial charge in [0.15, 0.2) is 0 Å². The highest BCUT2D eigenvalue weighted by atomic mass is 35.5. The van der Waals surface area contributed by atoms with Crippen molar-refractivity contribution >= 4 is 27.6 Å². The van der Waals surface area contributed by atoms with Gasteiger partial charge in [-0.25, -0.2) is 0 Å². The Morgan fingerprint density at radius 2 is 1.87 bits per heavy atom. The summed E-state index contributed by atoms with van der Waals surface area (Å²) in [6.45, 7) is 0. The van der Waals surface area contributed by atoms with Gasteiger partial charge in [-0.1, -0.05) is 12.1 Å². The Hall–Kier alpha value is -1.74. The van der Waals surface area contributed by atoms with Gasteiger partial charge >= 0.3 is 0 Å². The van der Waals surface area contributed by atoms with Crippen LogP contribution in [0.3, 0.4) is 0 Å². The van der Waals surface area contributed by atoms with E-state index < -0.39 is 5.24 Å². The quantitative estimate of drug-likeness (QED) is 0.730. The number of carbonyl (C=O) groups is 1. The summed E-state index contributed by atoms with van der Waals surface area (Å²) in [5.74, 6) is -0.180. The average molecular weight is 223 g/mol. The number of hydrogen-bond acceptors (Lipinski definition) is 3. The summed E-state index contributed by atoms with van der Waals surface area (Å²) in [6, 6.07) is 7.64. The van der Waals surface area contributed by atoms with E-state index in [1.54, 1.807) is 12.1 Å². The van der Waals surface area contributed by atoms with Crippen molar-refractivity contribution in [2.75, 3.05) is 0 Å². The molecule has 15 heavy (non-hydrogen) atoms. The zero-order valence-corrected chi connectivity index (χ0v) is 8.32. The number of halogens is 1. The second-order valence-corrected chi connectivity index (χ2v) is 3.48. The normalized spacial score (nSPS) is 10.5. The molecule has 0 radical (unpaired) electrons. The van der Waals surface area contributed by atoms with Crippen molar-refractivity contribution in [2.24, 2.45) is 0 Å². The molecule has 0 aliphatic heterocycles. The van der Waals surface area contributed by atoms with Gasteiger partial charge in [0.2, 0.25) is 0 Å². The Kier molecular flexibility index (Phi) is 2.25. The van der Waals surface area contributed by atoms with E-state index >= 15 is 0 Å². The second-order valence-electron chi connectivity index (χ2n) is 3.14. The summed E-state index contributed by atoms with van der Waals surface area (Å²) in [5.41, 5.74) is 0.0368. The van der Waals surface area contributed by atoms with Crippen LogP contribution in [0.5, 0.6) is 11.5 Å². The molecule has 0 bridgehead atoms. The molecular formula is C11H7ClO3. The van der Waals surface area contributed by atoms with Gasteiger partial charge < -0.3 is 10.2 Å². The minimum atomic E-state index is -0.724. The molecule has 76 valence electrons. The van der Waals surface area contributed by atoms with Crippen molar-refractivity contribution in [3.8, 4) is 11.5 Å². The molecule has 0 aromatic heterocycles. The molecule has 2 aromatic rings. The lowest BCUT2D eigenvalue weighted by atomic mass is 10.1. The lowest BCUT2D eigenvalue weighted by Gasteiger charge is -2.04. The van der Waals surface area contributed by atoms with Gasteiger partial charge in [0, 0.05) is 5.39 Å². The van der Waals surface area contributed by atoms with E-state index in [0.717, 1.165) is 0 Å². The third kappa shape index (κ3) is 1.62. The lowest BCUT2D eigenvalue weighted by Crippen LogP contribution is -1.89. The number of rotatable bonds is 1. The highest BCUT2D eigenvalue weighted by Crippen LogP contribution is 2.31. The molecule has 2 aromatic carbocycles. The summed E-state index contributed by atoms with van der Waals surface area (Å²) in [7, 11) is 0. The number of aromatic hydroxyl groups is 2. The molecule has 0 fully saturated rings. The first-order valence-corrected chi connectivity index (χ1v) is 4.62. The Morgan fingerprint density at radius 1 is 1.13 bits per heavy atom. The molecule has 0 saturated carbocycles. The zero-order valence-electron chi connectivity index (χ0n) is 7.57. The fraction of sp³-hybridized carbons (Fsp3) is 0. The number of phenolic OH excluding ortho intramolecular Hbond substituents is 2. The van der Waals surface area contributed by atoms with Gasteiger partial charge in [0.05, 0.1) is 5.56 Å². The standard InChI is InChI=1S/C11H7ClO3/c12-11(15)8-4-6-2-1-3-9(13)7(6)5-10(8)14/h1-5,13-14H. The first-order chi connectivity index (χ1) is 7.09. The van der Waals surface area contributed by atoms with Crippen LogP contribution in [0.25, 0.3) is 10.8 Å². The van der Waals surface area contributed by atoms with Crippen LogP contribution in [0.2, 0.25) is 0 Å². The van der Waals surface area contributed by atoms with E-state index in [2.05, 4.69) is 0 Å². The highest BCUT2D eigenvalue weighted by molar-refractivity contribution is 6.68. The fourth-order valence-electron chi connectivity index (χ4n) is 1.45. The van der Waals surface area contributed by atoms with Gasteiger partial charge in [-0.2, -0.15) is 0 Å². The molecule has 0 spiro atoms. The van der Waals surface area contributed by atoms with Crippen LogP contribution >= 0.6 is 11.6 Å². The molecule has 0 atom stereocenters. The van der Waals surface area contributed by atoms with E-state index in [1.807, 2.05) is 0 Å². The second kappa shape index (κ2) is 3.44. The van der Waals surface area contributed by atoms with Crippen molar-refractivity contribution in [3.05, 3.63) is 35.9 Å². The molecule has 0 unspecified atom stereocenters. The molecular weight excluding hydrogens is 216 g/mol. The molecule has 3 nitrogen and oxygen atoms in total. The Labute approximate surface area is 90.5 Å². The largest absolute Gasteiger partial charge is 0.507 e. The van der Waals surface area contributed by atoms with Crippen LogP contribution in [-0.2, 0) is 0 Å². The van der Waals surface area contributed by atoms with Crippen LogP contribution in [0.15, 0.2) is 30.3 Å². The maximum atomic E-state index is 10.9. The molecule has 0 aliphatic rings. The minimum Gasteiger partial charge on any atom is -0.507 e. The fourth-order valence-corrected chi connectivity index (χ4v) is 1.61. The predicted molar refractivity (Wildman–Crippen MR) is 57.5 cm³/mol. The first-order valence-electron chi connectivity index (χ1n) is 4.24. The maximum absolute atomic E-state index is 10.9. The van der Waals surface area contributed by atoms with E-state index in [4.69, 9.17) is 11.6 Å². The molecule has 0 saturated heterocycles. The number of carbonyl (C=O) groups excluding carboxylic acids is 1. The molecule has 2 rings (SSSR count). The summed E-state index contributed by atoms with van der Waals surface area (Å²) < 4.78 is 0. The van der Waals surface area contributed by atoms with E-state index in [-0.39, 0.29) is 17.1 Å². The number of fused-ring (bicyclic) bond motifs is 1. The van der Waals surface area contributed by atoms with Crippen LogP contribution in [0, 0.1) is 0 Å². The zero-order chi connectivity index (χ0) is 11.0. The van der Waals surface area contributed by atoms with Crippen LogP contribution < -0.4 is 0 Å². The van der Waals surface area contributed by atoms with E-state index in [0.29, 0.717) is 10.8 Å².